The van der Waals surface area contributed by atoms with Crippen molar-refractivity contribution in [2.75, 3.05) is 10.0 Å². The molecule has 0 atom stereocenters. The zero-order valence-corrected chi connectivity index (χ0v) is 16.0. The van der Waals surface area contributed by atoms with Crippen molar-refractivity contribution in [2.24, 2.45) is 0 Å². The summed E-state index contributed by atoms with van der Waals surface area (Å²) in [5.41, 5.74) is 2.29. The van der Waals surface area contributed by atoms with Crippen LogP contribution < -0.4 is 10.0 Å². The van der Waals surface area contributed by atoms with Gasteiger partial charge in [0.15, 0.2) is 0 Å². The molecule has 0 aliphatic heterocycles. The SMILES string of the molecule is Cc1ccc(S(=O)(=O)Nc2ccc(Nc3ccc(Cl)cc3C)nc2)s1. The molecule has 0 aliphatic rings. The lowest BCUT2D eigenvalue weighted by Crippen LogP contribution is -2.11. The third-order valence-corrected chi connectivity index (χ3v) is 6.56. The Morgan fingerprint density at radius 3 is 2.48 bits per heavy atom. The molecule has 8 heteroatoms. The number of anilines is 3. The number of aryl methyl sites for hydroxylation is 2. The largest absolute Gasteiger partial charge is 0.340 e. The average molecular weight is 394 g/mol. The molecule has 0 saturated heterocycles. The lowest BCUT2D eigenvalue weighted by molar-refractivity contribution is 0.603. The van der Waals surface area contributed by atoms with E-state index in [1.165, 1.54) is 17.5 Å². The number of thiophene rings is 1. The highest BCUT2D eigenvalue weighted by atomic mass is 35.5. The van der Waals surface area contributed by atoms with E-state index in [0.717, 1.165) is 16.1 Å². The first-order valence-corrected chi connectivity index (χ1v) is 10.1. The van der Waals surface area contributed by atoms with Crippen molar-refractivity contribution in [3.63, 3.8) is 0 Å². The topological polar surface area (TPSA) is 71.1 Å². The van der Waals surface area contributed by atoms with Gasteiger partial charge < -0.3 is 5.32 Å². The third-order valence-electron chi connectivity index (χ3n) is 3.45. The molecule has 3 aromatic rings. The van der Waals surface area contributed by atoms with E-state index >= 15 is 0 Å². The molecule has 2 N–H and O–H groups in total. The van der Waals surface area contributed by atoms with E-state index in [4.69, 9.17) is 11.6 Å². The second kappa shape index (κ2) is 7.03. The average Bonchev–Trinajstić information content (AvgIpc) is 2.99. The number of hydrogen-bond donors (Lipinski definition) is 2. The number of nitrogens with one attached hydrogen (secondary N) is 2. The van der Waals surface area contributed by atoms with Crippen LogP contribution >= 0.6 is 22.9 Å². The molecule has 25 heavy (non-hydrogen) atoms. The van der Waals surface area contributed by atoms with Crippen LogP contribution in [0.25, 0.3) is 0 Å². The van der Waals surface area contributed by atoms with Crippen LogP contribution in [-0.2, 0) is 10.0 Å². The van der Waals surface area contributed by atoms with Gasteiger partial charge in [-0.1, -0.05) is 11.6 Å². The van der Waals surface area contributed by atoms with Gasteiger partial charge in [0.05, 0.1) is 11.9 Å². The summed E-state index contributed by atoms with van der Waals surface area (Å²) in [5.74, 6) is 0.611. The van der Waals surface area contributed by atoms with E-state index < -0.39 is 10.0 Å². The zero-order chi connectivity index (χ0) is 18.0. The highest BCUT2D eigenvalue weighted by Gasteiger charge is 2.16. The Labute approximate surface area is 155 Å². The Kier molecular flexibility index (Phi) is 4.99. The van der Waals surface area contributed by atoms with E-state index in [2.05, 4.69) is 15.0 Å². The summed E-state index contributed by atoms with van der Waals surface area (Å²) in [4.78, 5) is 5.19. The molecule has 0 saturated carbocycles. The van der Waals surface area contributed by atoms with Crippen LogP contribution in [-0.4, -0.2) is 13.4 Å². The molecule has 5 nitrogen and oxygen atoms in total. The van der Waals surface area contributed by atoms with E-state index in [1.807, 2.05) is 26.0 Å². The molecule has 0 amide bonds. The molecule has 0 bridgehead atoms. The number of aromatic nitrogens is 1. The number of halogens is 1. The van der Waals surface area contributed by atoms with Crippen molar-refractivity contribution in [1.82, 2.24) is 4.98 Å². The van der Waals surface area contributed by atoms with E-state index in [9.17, 15) is 8.42 Å². The first-order valence-electron chi connectivity index (χ1n) is 7.42. The monoisotopic (exact) mass is 393 g/mol. The highest BCUT2D eigenvalue weighted by Crippen LogP contribution is 2.25. The summed E-state index contributed by atoms with van der Waals surface area (Å²) in [6.45, 7) is 3.81. The number of benzene rings is 1. The maximum absolute atomic E-state index is 12.3. The van der Waals surface area contributed by atoms with Crippen LogP contribution in [0.2, 0.25) is 5.02 Å². The fraction of sp³-hybridized carbons (Fsp3) is 0.118. The number of nitrogens with zero attached hydrogens (tertiary/aromatic N) is 1. The summed E-state index contributed by atoms with van der Waals surface area (Å²) in [6, 6.07) is 12.3. The lowest BCUT2D eigenvalue weighted by atomic mass is 10.2. The van der Waals surface area contributed by atoms with Crippen molar-refractivity contribution in [3.8, 4) is 0 Å². The van der Waals surface area contributed by atoms with Gasteiger partial charge in [-0.3, -0.25) is 4.72 Å². The summed E-state index contributed by atoms with van der Waals surface area (Å²) in [6.07, 6.45) is 1.48. The van der Waals surface area contributed by atoms with Gasteiger partial charge >= 0.3 is 0 Å². The number of hydrogen-bond acceptors (Lipinski definition) is 5. The molecule has 2 aromatic heterocycles. The highest BCUT2D eigenvalue weighted by molar-refractivity contribution is 7.94. The normalized spacial score (nSPS) is 11.3. The van der Waals surface area contributed by atoms with E-state index in [0.29, 0.717) is 16.5 Å². The van der Waals surface area contributed by atoms with Crippen LogP contribution in [0.1, 0.15) is 10.4 Å². The van der Waals surface area contributed by atoms with Crippen molar-refractivity contribution in [1.29, 1.82) is 0 Å². The van der Waals surface area contributed by atoms with Gasteiger partial charge in [-0.05, 0) is 61.9 Å². The van der Waals surface area contributed by atoms with Crippen LogP contribution in [0.5, 0.6) is 0 Å². The molecule has 0 aliphatic carbocycles. The van der Waals surface area contributed by atoms with Crippen molar-refractivity contribution < 1.29 is 8.42 Å². The van der Waals surface area contributed by atoms with Gasteiger partial charge in [-0.2, -0.15) is 0 Å². The standard InChI is InChI=1S/C17H16ClN3O2S2/c1-11-9-13(18)4-6-15(11)20-16-7-5-14(10-19-16)21-25(22,23)17-8-3-12(2)24-17/h3-10,21H,1-2H3,(H,19,20). The van der Waals surface area contributed by atoms with Gasteiger partial charge in [-0.15, -0.1) is 11.3 Å². The van der Waals surface area contributed by atoms with Gasteiger partial charge in [0.25, 0.3) is 10.0 Å². The molecule has 2 heterocycles. The molecule has 0 spiro atoms. The summed E-state index contributed by atoms with van der Waals surface area (Å²) >= 11 is 7.17. The Hall–Kier alpha value is -2.09. The second-order valence-corrected chi connectivity index (χ2v) is 9.12. The minimum Gasteiger partial charge on any atom is -0.340 e. The molecule has 0 fully saturated rings. The summed E-state index contributed by atoms with van der Waals surface area (Å²) < 4.78 is 27.4. The van der Waals surface area contributed by atoms with Gasteiger partial charge in [0.2, 0.25) is 0 Å². The molecule has 0 radical (unpaired) electrons. The minimum absolute atomic E-state index is 0.281. The van der Waals surface area contributed by atoms with E-state index in [1.54, 1.807) is 30.3 Å². The molecular weight excluding hydrogens is 378 g/mol. The van der Waals surface area contributed by atoms with Crippen LogP contribution in [0.15, 0.2) is 52.9 Å². The Morgan fingerprint density at radius 2 is 1.88 bits per heavy atom. The number of pyridine rings is 1. The predicted octanol–water partition coefficient (Wildman–Crippen LogP) is 4.96. The number of sulfonamides is 1. The Balaban J connectivity index is 1.74. The van der Waals surface area contributed by atoms with Gasteiger partial charge in [-0.25, -0.2) is 13.4 Å². The molecule has 130 valence electrons. The Bertz CT molecular complexity index is 999. The maximum Gasteiger partial charge on any atom is 0.271 e. The van der Waals surface area contributed by atoms with Crippen LogP contribution in [0, 0.1) is 13.8 Å². The third kappa shape index (κ3) is 4.31. The minimum atomic E-state index is -3.58. The zero-order valence-electron chi connectivity index (χ0n) is 13.6. The fourth-order valence-electron chi connectivity index (χ4n) is 2.20. The van der Waals surface area contributed by atoms with Crippen LogP contribution in [0.4, 0.5) is 17.2 Å². The summed E-state index contributed by atoms with van der Waals surface area (Å²) in [5, 5.41) is 3.85. The van der Waals surface area contributed by atoms with Crippen molar-refractivity contribution in [2.45, 2.75) is 18.1 Å². The molecule has 3 rings (SSSR count). The second-order valence-electron chi connectivity index (χ2n) is 5.49. The van der Waals surface area contributed by atoms with Crippen molar-refractivity contribution >= 4 is 50.2 Å². The van der Waals surface area contributed by atoms with E-state index in [-0.39, 0.29) is 4.21 Å². The predicted molar refractivity (Wildman–Crippen MR) is 104 cm³/mol. The smallest absolute Gasteiger partial charge is 0.271 e. The first kappa shape index (κ1) is 17.7. The fourth-order valence-corrected chi connectivity index (χ4v) is 4.75. The Morgan fingerprint density at radius 1 is 1.08 bits per heavy atom. The maximum atomic E-state index is 12.3. The van der Waals surface area contributed by atoms with Gasteiger partial charge in [0, 0.05) is 15.6 Å². The van der Waals surface area contributed by atoms with Crippen molar-refractivity contribution in [3.05, 3.63) is 64.1 Å². The summed E-state index contributed by atoms with van der Waals surface area (Å²) in [7, 11) is -3.58. The quantitative estimate of drug-likeness (QED) is 0.642. The molecule has 1 aromatic carbocycles. The molecule has 0 unspecified atom stereocenters. The van der Waals surface area contributed by atoms with Crippen LogP contribution in [0.3, 0.4) is 0 Å². The first-order chi connectivity index (χ1) is 11.8. The molecular formula is C17H16ClN3O2S2. The number of rotatable bonds is 5. The lowest BCUT2D eigenvalue weighted by Gasteiger charge is -2.10. The van der Waals surface area contributed by atoms with Gasteiger partial charge in [0.1, 0.15) is 10.0 Å².